The highest BCUT2D eigenvalue weighted by molar-refractivity contribution is 4.87. The van der Waals surface area contributed by atoms with E-state index in [9.17, 15) is 0 Å². The van der Waals surface area contributed by atoms with Gasteiger partial charge < -0.3 is 15.1 Å². The topological polar surface area (TPSA) is 18.5 Å². The predicted octanol–water partition coefficient (Wildman–Crippen LogP) is 0.374. The molecule has 14 heavy (non-hydrogen) atoms. The van der Waals surface area contributed by atoms with Gasteiger partial charge in [-0.2, -0.15) is 0 Å². The van der Waals surface area contributed by atoms with Crippen LogP contribution in [0.2, 0.25) is 0 Å². The van der Waals surface area contributed by atoms with E-state index in [1.54, 1.807) is 0 Å². The molecule has 3 nitrogen and oxygen atoms in total. The lowest BCUT2D eigenvalue weighted by molar-refractivity contribution is 0.147. The summed E-state index contributed by atoms with van der Waals surface area (Å²) in [6, 6.07) is 1.55. The van der Waals surface area contributed by atoms with E-state index in [1.165, 1.54) is 45.4 Å². The molecule has 3 heteroatoms. The van der Waals surface area contributed by atoms with Crippen LogP contribution >= 0.6 is 0 Å². The van der Waals surface area contributed by atoms with Crippen LogP contribution in [0, 0.1) is 0 Å². The van der Waals surface area contributed by atoms with Crippen molar-refractivity contribution < 1.29 is 0 Å². The van der Waals surface area contributed by atoms with E-state index in [0.717, 1.165) is 12.1 Å². The van der Waals surface area contributed by atoms with Crippen LogP contribution < -0.4 is 5.32 Å². The van der Waals surface area contributed by atoms with E-state index in [-0.39, 0.29) is 0 Å². The summed E-state index contributed by atoms with van der Waals surface area (Å²) in [4.78, 5) is 4.83. The fourth-order valence-corrected chi connectivity index (χ4v) is 2.54. The van der Waals surface area contributed by atoms with E-state index in [4.69, 9.17) is 0 Å². The first-order chi connectivity index (χ1) is 6.74. The maximum absolute atomic E-state index is 3.78. The Kier molecular flexibility index (Phi) is 3.42. The molecule has 2 heterocycles. The van der Waals surface area contributed by atoms with Crippen molar-refractivity contribution in [1.29, 1.82) is 0 Å². The molecule has 0 aromatic heterocycles. The first kappa shape index (κ1) is 10.4. The van der Waals surface area contributed by atoms with Gasteiger partial charge in [0.05, 0.1) is 0 Å². The van der Waals surface area contributed by atoms with Crippen LogP contribution in [0.4, 0.5) is 0 Å². The number of nitrogens with one attached hydrogen (secondary N) is 1. The fraction of sp³-hybridized carbons (Fsp3) is 1.00. The zero-order valence-electron chi connectivity index (χ0n) is 9.50. The molecule has 2 rings (SSSR count). The van der Waals surface area contributed by atoms with E-state index in [2.05, 4.69) is 29.2 Å². The molecule has 0 spiro atoms. The maximum atomic E-state index is 3.78. The second-order valence-electron chi connectivity index (χ2n) is 5.02. The molecule has 82 valence electrons. The van der Waals surface area contributed by atoms with Crippen molar-refractivity contribution in [3.8, 4) is 0 Å². The minimum atomic E-state index is 0.772. The third-order valence-corrected chi connectivity index (χ3v) is 3.49. The Morgan fingerprint density at radius 2 is 1.71 bits per heavy atom. The molecule has 0 aromatic rings. The molecular weight excluding hydrogens is 174 g/mol. The van der Waals surface area contributed by atoms with E-state index >= 15 is 0 Å². The van der Waals surface area contributed by atoms with Gasteiger partial charge in [-0.15, -0.1) is 0 Å². The van der Waals surface area contributed by atoms with Crippen molar-refractivity contribution in [1.82, 2.24) is 15.1 Å². The zero-order chi connectivity index (χ0) is 9.97. The molecule has 2 saturated heterocycles. The van der Waals surface area contributed by atoms with Crippen LogP contribution in [0.1, 0.15) is 19.3 Å². The van der Waals surface area contributed by atoms with Crippen LogP contribution in [0.15, 0.2) is 0 Å². The second-order valence-corrected chi connectivity index (χ2v) is 5.02. The monoisotopic (exact) mass is 197 g/mol. The highest BCUT2D eigenvalue weighted by Gasteiger charge is 2.26. The van der Waals surface area contributed by atoms with Gasteiger partial charge in [0.25, 0.3) is 0 Å². The molecule has 0 radical (unpaired) electrons. The van der Waals surface area contributed by atoms with Crippen molar-refractivity contribution in [3.05, 3.63) is 0 Å². The molecule has 2 aliphatic heterocycles. The van der Waals surface area contributed by atoms with Gasteiger partial charge in [0.15, 0.2) is 0 Å². The van der Waals surface area contributed by atoms with Gasteiger partial charge in [0, 0.05) is 25.2 Å². The normalized spacial score (nSPS) is 32.6. The number of hydrogen-bond donors (Lipinski definition) is 1. The second kappa shape index (κ2) is 4.60. The van der Waals surface area contributed by atoms with Crippen LogP contribution in [0.5, 0.6) is 0 Å². The molecule has 0 saturated carbocycles. The van der Waals surface area contributed by atoms with Crippen molar-refractivity contribution in [2.24, 2.45) is 0 Å². The van der Waals surface area contributed by atoms with Gasteiger partial charge in [0.1, 0.15) is 0 Å². The predicted molar refractivity (Wildman–Crippen MR) is 59.6 cm³/mol. The van der Waals surface area contributed by atoms with Crippen LogP contribution in [0.25, 0.3) is 0 Å². The molecule has 0 aromatic carbocycles. The lowest BCUT2D eigenvalue weighted by Crippen LogP contribution is -2.58. The molecule has 0 aliphatic carbocycles. The summed E-state index contributed by atoms with van der Waals surface area (Å²) in [7, 11) is 4.43. The Hall–Kier alpha value is -0.120. The van der Waals surface area contributed by atoms with Crippen molar-refractivity contribution in [2.45, 2.75) is 31.3 Å². The third-order valence-electron chi connectivity index (χ3n) is 3.49. The number of likely N-dealkylation sites (N-methyl/N-ethyl adjacent to an activating group) is 1. The molecule has 1 N–H and O–H groups in total. The van der Waals surface area contributed by atoms with Crippen LogP contribution in [-0.4, -0.2) is 62.2 Å². The minimum absolute atomic E-state index is 0.772. The highest BCUT2D eigenvalue weighted by atomic mass is 15.2. The fourth-order valence-electron chi connectivity index (χ4n) is 2.54. The van der Waals surface area contributed by atoms with E-state index in [0.29, 0.717) is 0 Å². The quantitative estimate of drug-likeness (QED) is 0.690. The smallest absolute Gasteiger partial charge is 0.0324 e. The summed E-state index contributed by atoms with van der Waals surface area (Å²) in [6.45, 7) is 5.03. The number of nitrogens with zero attached hydrogens (tertiary/aromatic N) is 2. The first-order valence-electron chi connectivity index (χ1n) is 5.87. The zero-order valence-corrected chi connectivity index (χ0v) is 9.50. The van der Waals surface area contributed by atoms with Crippen molar-refractivity contribution >= 4 is 0 Å². The summed E-state index contributed by atoms with van der Waals surface area (Å²) >= 11 is 0. The highest BCUT2D eigenvalue weighted by Crippen LogP contribution is 2.13. The Bertz CT molecular complexity index is 177. The van der Waals surface area contributed by atoms with Gasteiger partial charge in [-0.05, 0) is 46.4 Å². The van der Waals surface area contributed by atoms with Gasteiger partial charge in [0.2, 0.25) is 0 Å². The third kappa shape index (κ3) is 2.69. The van der Waals surface area contributed by atoms with E-state index in [1.807, 2.05) is 0 Å². The summed E-state index contributed by atoms with van der Waals surface area (Å²) in [5, 5.41) is 3.78. The van der Waals surface area contributed by atoms with Crippen molar-refractivity contribution in [2.75, 3.05) is 40.3 Å². The van der Waals surface area contributed by atoms with Crippen molar-refractivity contribution in [3.63, 3.8) is 0 Å². The van der Waals surface area contributed by atoms with Crippen LogP contribution in [0.3, 0.4) is 0 Å². The summed E-state index contributed by atoms with van der Waals surface area (Å²) in [6.07, 6.45) is 4.05. The molecule has 0 bridgehead atoms. The number of hydrogen-bond acceptors (Lipinski definition) is 3. The van der Waals surface area contributed by atoms with E-state index < -0.39 is 0 Å². The molecule has 2 aliphatic rings. The molecule has 1 unspecified atom stereocenters. The largest absolute Gasteiger partial charge is 0.309 e. The van der Waals surface area contributed by atoms with Crippen LogP contribution in [-0.2, 0) is 0 Å². The standard InChI is InChI=1S/C11H23N3/c1-13-6-3-4-10(5-7-13)12-11-8-14(2)9-11/h10-12H,3-9H2,1-2H3. The summed E-state index contributed by atoms with van der Waals surface area (Å²) in [5.74, 6) is 0. The Morgan fingerprint density at radius 3 is 2.43 bits per heavy atom. The van der Waals surface area contributed by atoms with Gasteiger partial charge >= 0.3 is 0 Å². The molecule has 0 amide bonds. The summed E-state index contributed by atoms with van der Waals surface area (Å²) in [5.41, 5.74) is 0. The maximum Gasteiger partial charge on any atom is 0.0324 e. The lowest BCUT2D eigenvalue weighted by atomic mass is 10.0. The SMILES string of the molecule is CN1CCCC(NC2CN(C)C2)CC1. The lowest BCUT2D eigenvalue weighted by Gasteiger charge is -2.39. The molecular formula is C11H23N3. The Balaban J connectivity index is 1.69. The minimum Gasteiger partial charge on any atom is -0.309 e. The molecule has 2 fully saturated rings. The Morgan fingerprint density at radius 1 is 0.929 bits per heavy atom. The first-order valence-corrected chi connectivity index (χ1v) is 5.87. The molecule has 1 atom stereocenters. The average Bonchev–Trinajstić information content (AvgIpc) is 2.29. The number of rotatable bonds is 2. The van der Waals surface area contributed by atoms with Gasteiger partial charge in [-0.1, -0.05) is 0 Å². The number of likely N-dealkylation sites (tertiary alicyclic amines) is 2. The average molecular weight is 197 g/mol. The Labute approximate surface area is 87.4 Å². The summed E-state index contributed by atoms with van der Waals surface area (Å²) < 4.78 is 0. The van der Waals surface area contributed by atoms with Gasteiger partial charge in [-0.3, -0.25) is 0 Å². The van der Waals surface area contributed by atoms with Gasteiger partial charge in [-0.25, -0.2) is 0 Å².